The van der Waals surface area contributed by atoms with E-state index < -0.39 is 5.54 Å². The van der Waals surface area contributed by atoms with Gasteiger partial charge in [-0.15, -0.1) is 0 Å². The van der Waals surface area contributed by atoms with Crippen molar-refractivity contribution < 1.29 is 4.79 Å². The molecule has 1 saturated heterocycles. The van der Waals surface area contributed by atoms with Crippen molar-refractivity contribution in [3.63, 3.8) is 0 Å². The number of hydrogen-bond acceptors (Lipinski definition) is 4. The van der Waals surface area contributed by atoms with Gasteiger partial charge in [-0.3, -0.25) is 19.7 Å². The maximum Gasteiger partial charge on any atom is 0.244 e. The Kier molecular flexibility index (Phi) is 3.11. The molecule has 0 saturated carbocycles. The molecule has 2 rings (SSSR count). The van der Waals surface area contributed by atoms with Crippen LogP contribution < -0.4 is 5.73 Å². The van der Waals surface area contributed by atoms with E-state index in [4.69, 9.17) is 5.73 Å². The zero-order valence-electron chi connectivity index (χ0n) is 10.3. The molecule has 1 aromatic rings. The number of primary amides is 1. The minimum atomic E-state index is -0.775. The van der Waals surface area contributed by atoms with Crippen LogP contribution in [0.4, 0.5) is 0 Å². The highest BCUT2D eigenvalue weighted by molar-refractivity contribution is 5.86. The molecule has 1 fully saturated rings. The number of nitrogens with zero attached hydrogens (tertiary/aromatic N) is 3. The van der Waals surface area contributed by atoms with Crippen molar-refractivity contribution in [2.24, 2.45) is 5.73 Å². The Morgan fingerprint density at radius 3 is 2.82 bits per heavy atom. The van der Waals surface area contributed by atoms with E-state index in [1.165, 1.54) is 0 Å². The molecule has 1 atom stereocenters. The van der Waals surface area contributed by atoms with Crippen LogP contribution >= 0.6 is 0 Å². The number of hydrogen-bond donors (Lipinski definition) is 1. The first-order chi connectivity index (χ1) is 8.09. The van der Waals surface area contributed by atoms with Gasteiger partial charge in [-0.25, -0.2) is 0 Å². The van der Waals surface area contributed by atoms with Crippen LogP contribution in [0.3, 0.4) is 0 Å². The van der Waals surface area contributed by atoms with Gasteiger partial charge >= 0.3 is 0 Å². The minimum absolute atomic E-state index is 0.256. The van der Waals surface area contributed by atoms with Crippen molar-refractivity contribution in [1.82, 2.24) is 14.9 Å². The highest BCUT2D eigenvalue weighted by atomic mass is 16.1. The predicted molar refractivity (Wildman–Crippen MR) is 64.0 cm³/mol. The van der Waals surface area contributed by atoms with Crippen molar-refractivity contribution in [2.45, 2.75) is 38.3 Å². The lowest BCUT2D eigenvalue weighted by atomic mass is 9.90. The minimum Gasteiger partial charge on any atom is -0.368 e. The fourth-order valence-corrected chi connectivity index (χ4v) is 2.72. The molecule has 1 amide bonds. The lowest BCUT2D eigenvalue weighted by molar-refractivity contribution is -0.130. The molecular weight excluding hydrogens is 216 g/mol. The number of carbonyl (C=O) groups excluding carboxylic acids is 1. The zero-order valence-corrected chi connectivity index (χ0v) is 10.3. The molecule has 0 radical (unpaired) electrons. The Bertz CT molecular complexity index is 406. The standard InChI is InChI=1S/C12H18N4O/c1-9(2)16-7-3-4-12(16,11(13)17)10-8-14-5-6-15-10/h5-6,8-9H,3-4,7H2,1-2H3,(H2,13,17)/t12-/m0/s1. The van der Waals surface area contributed by atoms with E-state index in [1.807, 2.05) is 0 Å². The van der Waals surface area contributed by atoms with Gasteiger partial charge in [0.15, 0.2) is 0 Å². The molecule has 2 N–H and O–H groups in total. The first-order valence-corrected chi connectivity index (χ1v) is 5.92. The quantitative estimate of drug-likeness (QED) is 0.834. The Labute approximate surface area is 101 Å². The molecule has 1 aliphatic heterocycles. The summed E-state index contributed by atoms with van der Waals surface area (Å²) in [5.74, 6) is -0.329. The maximum absolute atomic E-state index is 12.0. The summed E-state index contributed by atoms with van der Waals surface area (Å²) in [6.07, 6.45) is 6.53. The lowest BCUT2D eigenvalue weighted by Gasteiger charge is -2.37. The van der Waals surface area contributed by atoms with E-state index in [9.17, 15) is 4.79 Å². The Morgan fingerprint density at radius 2 is 2.29 bits per heavy atom. The van der Waals surface area contributed by atoms with E-state index >= 15 is 0 Å². The topological polar surface area (TPSA) is 72.1 Å². The second-order valence-corrected chi connectivity index (χ2v) is 4.71. The van der Waals surface area contributed by atoms with Crippen LogP contribution in [0, 0.1) is 0 Å². The lowest BCUT2D eigenvalue weighted by Crippen LogP contribution is -2.54. The van der Waals surface area contributed by atoms with E-state index in [2.05, 4.69) is 28.7 Å². The fourth-order valence-electron chi connectivity index (χ4n) is 2.72. The summed E-state index contributed by atoms with van der Waals surface area (Å²) >= 11 is 0. The maximum atomic E-state index is 12.0. The summed E-state index contributed by atoms with van der Waals surface area (Å²) in [4.78, 5) is 22.4. The van der Waals surface area contributed by atoms with Gasteiger partial charge in [-0.2, -0.15) is 0 Å². The Morgan fingerprint density at radius 1 is 1.53 bits per heavy atom. The van der Waals surface area contributed by atoms with Crippen LogP contribution in [0.5, 0.6) is 0 Å². The van der Waals surface area contributed by atoms with Crippen LogP contribution in [0.25, 0.3) is 0 Å². The molecule has 0 unspecified atom stereocenters. The van der Waals surface area contributed by atoms with Crippen molar-refractivity contribution >= 4 is 5.91 Å². The largest absolute Gasteiger partial charge is 0.368 e. The summed E-state index contributed by atoms with van der Waals surface area (Å²) in [5, 5.41) is 0. The van der Waals surface area contributed by atoms with Gasteiger partial charge in [-0.1, -0.05) is 0 Å². The monoisotopic (exact) mass is 234 g/mol. The Hall–Kier alpha value is -1.49. The van der Waals surface area contributed by atoms with Crippen molar-refractivity contribution in [3.05, 3.63) is 24.3 Å². The van der Waals surface area contributed by atoms with Gasteiger partial charge in [0.05, 0.1) is 11.9 Å². The van der Waals surface area contributed by atoms with Crippen molar-refractivity contribution in [1.29, 1.82) is 0 Å². The predicted octanol–water partition coefficient (Wildman–Crippen LogP) is 0.661. The summed E-state index contributed by atoms with van der Waals surface area (Å²) in [6.45, 7) is 5.01. The molecule has 0 aromatic carbocycles. The van der Waals surface area contributed by atoms with Crippen LogP contribution in [0.1, 0.15) is 32.4 Å². The molecule has 1 aromatic heterocycles. The second kappa shape index (κ2) is 4.41. The molecule has 5 heteroatoms. The summed E-state index contributed by atoms with van der Waals surface area (Å²) < 4.78 is 0. The van der Waals surface area contributed by atoms with Crippen molar-refractivity contribution in [2.75, 3.05) is 6.54 Å². The van der Waals surface area contributed by atoms with Gasteiger partial charge in [0.1, 0.15) is 5.54 Å². The smallest absolute Gasteiger partial charge is 0.244 e. The number of nitrogens with two attached hydrogens (primary N) is 1. The van der Waals surface area contributed by atoms with Crippen LogP contribution in [-0.2, 0) is 10.3 Å². The molecule has 5 nitrogen and oxygen atoms in total. The normalized spacial score (nSPS) is 25.4. The third-order valence-electron chi connectivity index (χ3n) is 3.45. The van der Waals surface area contributed by atoms with E-state index in [0.717, 1.165) is 19.4 Å². The molecule has 0 aliphatic carbocycles. The van der Waals surface area contributed by atoms with E-state index in [1.54, 1.807) is 18.6 Å². The number of carbonyl (C=O) groups is 1. The second-order valence-electron chi connectivity index (χ2n) is 4.71. The molecule has 0 bridgehead atoms. The van der Waals surface area contributed by atoms with Gasteiger partial charge in [-0.05, 0) is 33.2 Å². The Balaban J connectivity index is 2.50. The number of likely N-dealkylation sites (tertiary alicyclic amines) is 1. The summed E-state index contributed by atoms with van der Waals surface area (Å²) in [6, 6.07) is 0.256. The average Bonchev–Trinajstić information content (AvgIpc) is 2.75. The van der Waals surface area contributed by atoms with Crippen LogP contribution in [0.2, 0.25) is 0 Å². The van der Waals surface area contributed by atoms with Crippen LogP contribution in [-0.4, -0.2) is 33.4 Å². The molecular formula is C12H18N4O. The van der Waals surface area contributed by atoms with E-state index in [-0.39, 0.29) is 11.9 Å². The number of aromatic nitrogens is 2. The fraction of sp³-hybridized carbons (Fsp3) is 0.583. The third kappa shape index (κ3) is 1.80. The van der Waals surface area contributed by atoms with Gasteiger partial charge < -0.3 is 5.73 Å². The first kappa shape index (κ1) is 12.0. The average molecular weight is 234 g/mol. The summed E-state index contributed by atoms with van der Waals surface area (Å²) in [7, 11) is 0. The van der Waals surface area contributed by atoms with E-state index in [0.29, 0.717) is 5.69 Å². The number of rotatable bonds is 3. The molecule has 17 heavy (non-hydrogen) atoms. The van der Waals surface area contributed by atoms with Gasteiger partial charge in [0.2, 0.25) is 5.91 Å². The third-order valence-corrected chi connectivity index (χ3v) is 3.45. The van der Waals surface area contributed by atoms with Crippen molar-refractivity contribution in [3.8, 4) is 0 Å². The highest BCUT2D eigenvalue weighted by Gasteiger charge is 2.49. The van der Waals surface area contributed by atoms with Gasteiger partial charge in [0, 0.05) is 18.4 Å². The van der Waals surface area contributed by atoms with Crippen LogP contribution in [0.15, 0.2) is 18.6 Å². The highest BCUT2D eigenvalue weighted by Crippen LogP contribution is 2.38. The molecule has 0 spiro atoms. The molecule has 92 valence electrons. The number of amides is 1. The SMILES string of the molecule is CC(C)N1CCC[C@@]1(C(N)=O)c1cnccn1. The first-order valence-electron chi connectivity index (χ1n) is 5.92. The molecule has 2 heterocycles. The zero-order chi connectivity index (χ0) is 12.5. The molecule has 1 aliphatic rings. The van der Waals surface area contributed by atoms with Gasteiger partial charge in [0.25, 0.3) is 0 Å². The summed E-state index contributed by atoms with van der Waals surface area (Å²) in [5.41, 5.74) is 5.53.